The number of nitrogens with one attached hydrogen (secondary N) is 1. The van der Waals surface area contributed by atoms with Crippen molar-refractivity contribution in [2.24, 2.45) is 5.92 Å². The molecule has 1 aromatic rings. The van der Waals surface area contributed by atoms with Gasteiger partial charge in [0.1, 0.15) is 0 Å². The molecule has 1 atom stereocenters. The molecule has 1 rings (SSSR count). The van der Waals surface area contributed by atoms with Gasteiger partial charge in [-0.2, -0.15) is 18.3 Å². The number of hydrogen-bond acceptors (Lipinski definition) is 3. The summed E-state index contributed by atoms with van der Waals surface area (Å²) in [5.74, 6) is 0.478. The molecule has 0 radical (unpaired) electrons. The minimum absolute atomic E-state index is 0.250. The maximum absolute atomic E-state index is 12.5. The fourth-order valence-corrected chi connectivity index (χ4v) is 1.64. The molecule has 0 amide bonds. The molecule has 1 N–H and O–H groups in total. The summed E-state index contributed by atoms with van der Waals surface area (Å²) < 4.78 is 43.9. The number of methoxy groups -OCH3 is 1. The van der Waals surface area contributed by atoms with Gasteiger partial charge in [-0.1, -0.05) is 13.8 Å². The Bertz CT molecular complexity index is 377. The number of hydrogen-bond donors (Lipinski definition) is 1. The van der Waals surface area contributed by atoms with Gasteiger partial charge in [-0.15, -0.1) is 0 Å². The van der Waals surface area contributed by atoms with Gasteiger partial charge >= 0.3 is 6.18 Å². The number of aromatic nitrogens is 2. The van der Waals surface area contributed by atoms with E-state index in [1.165, 1.54) is 11.8 Å². The summed E-state index contributed by atoms with van der Waals surface area (Å²) in [7, 11) is 1.52. The van der Waals surface area contributed by atoms with Gasteiger partial charge in [-0.3, -0.25) is 4.68 Å². The van der Waals surface area contributed by atoms with E-state index in [-0.39, 0.29) is 6.04 Å². The third-order valence-corrected chi connectivity index (χ3v) is 2.59. The fourth-order valence-electron chi connectivity index (χ4n) is 1.64. The van der Waals surface area contributed by atoms with E-state index in [1.807, 2.05) is 0 Å². The summed E-state index contributed by atoms with van der Waals surface area (Å²) in [6, 6.07) is -0.250. The van der Waals surface area contributed by atoms with Crippen LogP contribution in [0.3, 0.4) is 0 Å². The Morgan fingerprint density at radius 2 is 2.05 bits per heavy atom. The van der Waals surface area contributed by atoms with Gasteiger partial charge < -0.3 is 10.1 Å². The number of halogens is 3. The summed E-state index contributed by atoms with van der Waals surface area (Å²) in [6.07, 6.45) is -2.51. The van der Waals surface area contributed by atoms with Crippen molar-refractivity contribution in [1.82, 2.24) is 15.1 Å². The number of nitrogens with zero attached hydrogens (tertiary/aromatic N) is 2. The van der Waals surface area contributed by atoms with E-state index in [0.29, 0.717) is 19.1 Å². The van der Waals surface area contributed by atoms with E-state index >= 15 is 0 Å². The van der Waals surface area contributed by atoms with Gasteiger partial charge in [0, 0.05) is 19.9 Å². The maximum Gasteiger partial charge on any atom is 0.419 e. The van der Waals surface area contributed by atoms with Crippen LogP contribution in [0.25, 0.3) is 0 Å². The van der Waals surface area contributed by atoms with Crippen molar-refractivity contribution >= 4 is 0 Å². The molecule has 0 aliphatic rings. The van der Waals surface area contributed by atoms with Crippen LogP contribution in [0.2, 0.25) is 0 Å². The first-order valence-electron chi connectivity index (χ1n) is 6.15. The molecule has 0 bridgehead atoms. The highest BCUT2D eigenvalue weighted by Gasteiger charge is 2.32. The van der Waals surface area contributed by atoms with Crippen LogP contribution in [-0.4, -0.2) is 36.6 Å². The van der Waals surface area contributed by atoms with Gasteiger partial charge in [-0.25, -0.2) is 0 Å². The maximum atomic E-state index is 12.5. The standard InChI is InChI=1S/C12H20F3N3O/c1-9(2)4-16-6-11(8-19-3)18-7-10(5-17-18)12(13,14)15/h5,7,9,11,16H,4,6,8H2,1-3H3. The second-order valence-corrected chi connectivity index (χ2v) is 4.87. The monoisotopic (exact) mass is 279 g/mol. The highest BCUT2D eigenvalue weighted by atomic mass is 19.4. The molecule has 0 fully saturated rings. The molecular formula is C12H20F3N3O. The molecule has 110 valence electrons. The van der Waals surface area contributed by atoms with Gasteiger partial charge in [0.15, 0.2) is 0 Å². The van der Waals surface area contributed by atoms with Crippen molar-refractivity contribution in [2.75, 3.05) is 26.8 Å². The van der Waals surface area contributed by atoms with E-state index in [0.717, 1.165) is 18.9 Å². The van der Waals surface area contributed by atoms with E-state index in [1.54, 1.807) is 0 Å². The minimum atomic E-state index is -4.36. The topological polar surface area (TPSA) is 39.1 Å². The van der Waals surface area contributed by atoms with E-state index in [2.05, 4.69) is 24.3 Å². The molecule has 1 heterocycles. The zero-order valence-electron chi connectivity index (χ0n) is 11.4. The molecule has 7 heteroatoms. The molecule has 0 spiro atoms. The molecular weight excluding hydrogens is 259 g/mol. The zero-order valence-corrected chi connectivity index (χ0v) is 11.4. The Kier molecular flexibility index (Phi) is 5.81. The lowest BCUT2D eigenvalue weighted by Gasteiger charge is -2.18. The fraction of sp³-hybridized carbons (Fsp3) is 0.750. The smallest absolute Gasteiger partial charge is 0.382 e. The average molecular weight is 279 g/mol. The quantitative estimate of drug-likeness (QED) is 0.832. The van der Waals surface area contributed by atoms with Crippen LogP contribution in [0.5, 0.6) is 0 Å². The largest absolute Gasteiger partial charge is 0.419 e. The molecule has 1 unspecified atom stereocenters. The third kappa shape index (κ3) is 5.20. The van der Waals surface area contributed by atoms with Crippen LogP contribution in [0.1, 0.15) is 25.5 Å². The molecule has 0 aliphatic heterocycles. The average Bonchev–Trinajstić information content (AvgIpc) is 2.76. The SMILES string of the molecule is COCC(CNCC(C)C)n1cc(C(F)(F)F)cn1. The summed E-state index contributed by atoms with van der Waals surface area (Å²) >= 11 is 0. The molecule has 19 heavy (non-hydrogen) atoms. The van der Waals surface area contributed by atoms with Crippen molar-refractivity contribution in [3.63, 3.8) is 0 Å². The molecule has 0 saturated carbocycles. The number of ether oxygens (including phenoxy) is 1. The predicted octanol–water partition coefficient (Wildman–Crippen LogP) is 2.33. The lowest BCUT2D eigenvalue weighted by Crippen LogP contribution is -2.31. The van der Waals surface area contributed by atoms with Crippen LogP contribution in [0, 0.1) is 5.92 Å². The highest BCUT2D eigenvalue weighted by Crippen LogP contribution is 2.29. The molecule has 0 aromatic carbocycles. The summed E-state index contributed by atoms with van der Waals surface area (Å²) in [6.45, 7) is 5.75. The Balaban J connectivity index is 2.67. The van der Waals surface area contributed by atoms with Gasteiger partial charge in [0.25, 0.3) is 0 Å². The van der Waals surface area contributed by atoms with E-state index in [4.69, 9.17) is 4.74 Å². The second kappa shape index (κ2) is 6.91. The van der Waals surface area contributed by atoms with Crippen LogP contribution in [0.15, 0.2) is 12.4 Å². The number of alkyl halides is 3. The Morgan fingerprint density at radius 3 is 2.53 bits per heavy atom. The molecule has 1 aromatic heterocycles. The van der Waals surface area contributed by atoms with E-state index in [9.17, 15) is 13.2 Å². The van der Waals surface area contributed by atoms with Crippen molar-refractivity contribution in [3.05, 3.63) is 18.0 Å². The van der Waals surface area contributed by atoms with Gasteiger partial charge in [-0.05, 0) is 12.5 Å². The highest BCUT2D eigenvalue weighted by molar-refractivity contribution is 5.09. The second-order valence-electron chi connectivity index (χ2n) is 4.87. The first-order valence-corrected chi connectivity index (χ1v) is 6.15. The van der Waals surface area contributed by atoms with Crippen LogP contribution < -0.4 is 5.32 Å². The van der Waals surface area contributed by atoms with E-state index < -0.39 is 11.7 Å². The Hall–Kier alpha value is -1.08. The zero-order chi connectivity index (χ0) is 14.5. The molecule has 0 aliphatic carbocycles. The van der Waals surface area contributed by atoms with Crippen molar-refractivity contribution in [3.8, 4) is 0 Å². The van der Waals surface area contributed by atoms with Gasteiger partial charge in [0.2, 0.25) is 0 Å². The Labute approximate surface area is 110 Å². The lowest BCUT2D eigenvalue weighted by molar-refractivity contribution is -0.137. The third-order valence-electron chi connectivity index (χ3n) is 2.59. The van der Waals surface area contributed by atoms with Crippen molar-refractivity contribution < 1.29 is 17.9 Å². The van der Waals surface area contributed by atoms with Crippen LogP contribution in [0.4, 0.5) is 13.2 Å². The predicted molar refractivity (Wildman–Crippen MR) is 65.8 cm³/mol. The molecule has 0 saturated heterocycles. The minimum Gasteiger partial charge on any atom is -0.382 e. The van der Waals surface area contributed by atoms with Crippen LogP contribution in [-0.2, 0) is 10.9 Å². The van der Waals surface area contributed by atoms with Gasteiger partial charge in [0.05, 0.1) is 24.4 Å². The number of rotatable bonds is 7. The summed E-state index contributed by atoms with van der Waals surface area (Å²) in [4.78, 5) is 0. The lowest BCUT2D eigenvalue weighted by atomic mass is 10.2. The van der Waals surface area contributed by atoms with Crippen molar-refractivity contribution in [1.29, 1.82) is 0 Å². The summed E-state index contributed by atoms with van der Waals surface area (Å²) in [5.41, 5.74) is -0.738. The van der Waals surface area contributed by atoms with Crippen molar-refractivity contribution in [2.45, 2.75) is 26.1 Å². The Morgan fingerprint density at radius 1 is 1.37 bits per heavy atom. The normalized spacial score (nSPS) is 14.1. The van der Waals surface area contributed by atoms with Crippen LogP contribution >= 0.6 is 0 Å². The first-order chi connectivity index (χ1) is 8.84. The first kappa shape index (κ1) is 16.0. The summed E-state index contributed by atoms with van der Waals surface area (Å²) in [5, 5.41) is 6.97. The molecule has 4 nitrogen and oxygen atoms in total.